The average molecular weight is 212 g/mol. The molecule has 0 aromatic rings. The zero-order chi connectivity index (χ0) is 12.0. The topological polar surface area (TPSA) is 49.4 Å². The zero-order valence-electron chi connectivity index (χ0n) is 9.96. The molecule has 0 spiro atoms. The van der Waals surface area contributed by atoms with E-state index in [1.165, 1.54) is 4.90 Å². The summed E-state index contributed by atoms with van der Waals surface area (Å²) in [7, 11) is 1.63. The number of hydrogen-bond donors (Lipinski definition) is 1. The van der Waals surface area contributed by atoms with Gasteiger partial charge in [-0.05, 0) is 6.92 Å². The molecule has 0 aliphatic rings. The SMILES string of the molecule is C=C(C)NCC(=O)N(C)CC(=O)C(C)C. The number of nitrogens with one attached hydrogen (secondary N) is 1. The van der Waals surface area contributed by atoms with E-state index in [0.29, 0.717) is 0 Å². The molecule has 0 fully saturated rings. The van der Waals surface area contributed by atoms with Crippen molar-refractivity contribution in [1.82, 2.24) is 10.2 Å². The molecule has 86 valence electrons. The summed E-state index contributed by atoms with van der Waals surface area (Å²) in [6, 6.07) is 0. The van der Waals surface area contributed by atoms with Crippen molar-refractivity contribution in [3.63, 3.8) is 0 Å². The smallest absolute Gasteiger partial charge is 0.242 e. The number of Topliss-reactive ketones (excluding diaryl/α,β-unsaturated/α-hetero) is 1. The summed E-state index contributed by atoms with van der Waals surface area (Å²) in [6.07, 6.45) is 0. The van der Waals surface area contributed by atoms with Crippen LogP contribution in [0.5, 0.6) is 0 Å². The summed E-state index contributed by atoms with van der Waals surface area (Å²) < 4.78 is 0. The van der Waals surface area contributed by atoms with Crippen molar-refractivity contribution >= 4 is 11.7 Å². The lowest BCUT2D eigenvalue weighted by atomic mass is 10.1. The van der Waals surface area contributed by atoms with E-state index in [1.807, 2.05) is 13.8 Å². The summed E-state index contributed by atoms with van der Waals surface area (Å²) in [5.41, 5.74) is 0.743. The second-order valence-corrected chi connectivity index (χ2v) is 4.00. The van der Waals surface area contributed by atoms with Gasteiger partial charge in [0.25, 0.3) is 0 Å². The van der Waals surface area contributed by atoms with E-state index in [9.17, 15) is 9.59 Å². The molecule has 0 rings (SSSR count). The van der Waals surface area contributed by atoms with Crippen LogP contribution < -0.4 is 5.32 Å². The van der Waals surface area contributed by atoms with Crippen LogP contribution in [-0.2, 0) is 9.59 Å². The highest BCUT2D eigenvalue weighted by Crippen LogP contribution is 1.96. The van der Waals surface area contributed by atoms with Crippen LogP contribution in [0.3, 0.4) is 0 Å². The molecule has 0 unspecified atom stereocenters. The van der Waals surface area contributed by atoms with E-state index >= 15 is 0 Å². The van der Waals surface area contributed by atoms with Crippen LogP contribution in [0, 0.1) is 5.92 Å². The highest BCUT2D eigenvalue weighted by Gasteiger charge is 2.14. The molecule has 1 amide bonds. The molecule has 4 nitrogen and oxygen atoms in total. The Morgan fingerprint density at radius 3 is 2.33 bits per heavy atom. The van der Waals surface area contributed by atoms with Crippen LogP contribution in [0.4, 0.5) is 0 Å². The van der Waals surface area contributed by atoms with Gasteiger partial charge in [-0.2, -0.15) is 0 Å². The molecule has 1 N–H and O–H groups in total. The molecule has 0 aromatic carbocycles. The summed E-state index contributed by atoms with van der Waals surface area (Å²) >= 11 is 0. The van der Waals surface area contributed by atoms with Gasteiger partial charge in [0.15, 0.2) is 5.78 Å². The molecule has 0 bridgehead atoms. The minimum atomic E-state index is -0.105. The summed E-state index contributed by atoms with van der Waals surface area (Å²) in [5.74, 6) is -0.0671. The fraction of sp³-hybridized carbons (Fsp3) is 0.636. The predicted octanol–water partition coefficient (Wildman–Crippen LogP) is 0.793. The van der Waals surface area contributed by atoms with Gasteiger partial charge in [-0.1, -0.05) is 20.4 Å². The number of carbonyl (C=O) groups is 2. The molecule has 4 heteroatoms. The standard InChI is InChI=1S/C11H20N2O2/c1-8(2)10(14)7-13(5)11(15)6-12-9(3)4/h8,12H,3,6-7H2,1-2,4-5H3. The Bertz CT molecular complexity index is 259. The fourth-order valence-corrected chi connectivity index (χ4v) is 0.866. The number of hydrogen-bond acceptors (Lipinski definition) is 3. The van der Waals surface area contributed by atoms with Gasteiger partial charge in [0.05, 0.1) is 13.1 Å². The highest BCUT2D eigenvalue weighted by molar-refractivity contribution is 5.87. The lowest BCUT2D eigenvalue weighted by Crippen LogP contribution is -2.38. The molecule has 0 heterocycles. The maximum atomic E-state index is 11.5. The normalized spacial score (nSPS) is 9.93. The first-order valence-corrected chi connectivity index (χ1v) is 5.00. The monoisotopic (exact) mass is 212 g/mol. The molecule has 0 saturated heterocycles. The number of amides is 1. The van der Waals surface area contributed by atoms with Crippen molar-refractivity contribution in [2.24, 2.45) is 5.92 Å². The van der Waals surface area contributed by atoms with Crippen molar-refractivity contribution in [2.75, 3.05) is 20.1 Å². The van der Waals surface area contributed by atoms with Gasteiger partial charge in [0.2, 0.25) is 5.91 Å². The lowest BCUT2D eigenvalue weighted by molar-refractivity contribution is -0.134. The lowest BCUT2D eigenvalue weighted by Gasteiger charge is -2.18. The molecular weight excluding hydrogens is 192 g/mol. The van der Waals surface area contributed by atoms with Gasteiger partial charge in [-0.3, -0.25) is 9.59 Å². The Kier molecular flexibility index (Phi) is 5.67. The average Bonchev–Trinajstić information content (AvgIpc) is 2.13. The van der Waals surface area contributed by atoms with Crippen LogP contribution in [0.15, 0.2) is 12.3 Å². The van der Waals surface area contributed by atoms with Crippen molar-refractivity contribution in [2.45, 2.75) is 20.8 Å². The quantitative estimate of drug-likeness (QED) is 0.708. The Hall–Kier alpha value is -1.32. The van der Waals surface area contributed by atoms with Crippen LogP contribution >= 0.6 is 0 Å². The van der Waals surface area contributed by atoms with E-state index < -0.39 is 0 Å². The highest BCUT2D eigenvalue weighted by atomic mass is 16.2. The first-order chi connectivity index (χ1) is 6.84. The number of allylic oxidation sites excluding steroid dienone is 1. The molecule has 0 aliphatic heterocycles. The number of likely N-dealkylation sites (N-methyl/N-ethyl adjacent to an activating group) is 1. The van der Waals surface area contributed by atoms with E-state index in [2.05, 4.69) is 11.9 Å². The fourth-order valence-electron chi connectivity index (χ4n) is 0.866. The van der Waals surface area contributed by atoms with E-state index in [1.54, 1.807) is 14.0 Å². The van der Waals surface area contributed by atoms with Crippen molar-refractivity contribution < 1.29 is 9.59 Å². The summed E-state index contributed by atoms with van der Waals surface area (Å²) in [4.78, 5) is 24.3. The van der Waals surface area contributed by atoms with E-state index in [-0.39, 0.29) is 30.7 Å². The Morgan fingerprint density at radius 2 is 1.93 bits per heavy atom. The third kappa shape index (κ3) is 5.88. The van der Waals surface area contributed by atoms with Crippen LogP contribution in [0.25, 0.3) is 0 Å². The maximum absolute atomic E-state index is 11.5. The van der Waals surface area contributed by atoms with Gasteiger partial charge in [0, 0.05) is 18.7 Å². The van der Waals surface area contributed by atoms with Gasteiger partial charge < -0.3 is 10.2 Å². The van der Waals surface area contributed by atoms with Gasteiger partial charge in [-0.15, -0.1) is 0 Å². The minimum absolute atomic E-state index is 0.0330. The third-order valence-corrected chi connectivity index (χ3v) is 2.00. The summed E-state index contributed by atoms with van der Waals surface area (Å²) in [6.45, 7) is 9.43. The number of nitrogens with zero attached hydrogens (tertiary/aromatic N) is 1. The van der Waals surface area contributed by atoms with Gasteiger partial charge in [0.1, 0.15) is 0 Å². The predicted molar refractivity (Wildman–Crippen MR) is 60.3 cm³/mol. The first-order valence-electron chi connectivity index (χ1n) is 5.00. The van der Waals surface area contributed by atoms with Crippen LogP contribution in [0.2, 0.25) is 0 Å². The first kappa shape index (κ1) is 13.7. The van der Waals surface area contributed by atoms with Gasteiger partial charge >= 0.3 is 0 Å². The molecular formula is C11H20N2O2. The Balaban J connectivity index is 3.99. The second kappa shape index (κ2) is 6.22. The van der Waals surface area contributed by atoms with Crippen molar-refractivity contribution in [3.8, 4) is 0 Å². The Labute approximate surface area is 91.3 Å². The van der Waals surface area contributed by atoms with Gasteiger partial charge in [-0.25, -0.2) is 0 Å². The number of rotatable bonds is 6. The largest absolute Gasteiger partial charge is 0.380 e. The Morgan fingerprint density at radius 1 is 1.40 bits per heavy atom. The molecule has 0 aromatic heterocycles. The third-order valence-electron chi connectivity index (χ3n) is 2.00. The van der Waals surface area contributed by atoms with E-state index in [0.717, 1.165) is 5.70 Å². The van der Waals surface area contributed by atoms with Crippen molar-refractivity contribution in [1.29, 1.82) is 0 Å². The second-order valence-electron chi connectivity index (χ2n) is 4.00. The summed E-state index contributed by atoms with van der Waals surface area (Å²) in [5, 5.41) is 2.83. The maximum Gasteiger partial charge on any atom is 0.242 e. The zero-order valence-corrected chi connectivity index (χ0v) is 9.96. The molecule has 0 saturated carbocycles. The number of ketones is 1. The number of carbonyl (C=O) groups excluding carboxylic acids is 2. The van der Waals surface area contributed by atoms with Crippen LogP contribution in [-0.4, -0.2) is 36.7 Å². The van der Waals surface area contributed by atoms with Crippen LogP contribution in [0.1, 0.15) is 20.8 Å². The minimum Gasteiger partial charge on any atom is -0.380 e. The molecule has 0 radical (unpaired) electrons. The molecule has 0 atom stereocenters. The molecule has 0 aliphatic carbocycles. The molecule has 15 heavy (non-hydrogen) atoms. The van der Waals surface area contributed by atoms with E-state index in [4.69, 9.17) is 0 Å². The van der Waals surface area contributed by atoms with Crippen molar-refractivity contribution in [3.05, 3.63) is 12.3 Å².